The zero-order valence-corrected chi connectivity index (χ0v) is 12.6. The average Bonchev–Trinajstić information content (AvgIpc) is 2.66. The lowest BCUT2D eigenvalue weighted by atomic mass is 10.1. The third kappa shape index (κ3) is 3.20. The Morgan fingerprint density at radius 3 is 0.786 bits per heavy atom. The summed E-state index contributed by atoms with van der Waals surface area (Å²) in [4.78, 5) is 23.1. The summed E-state index contributed by atoms with van der Waals surface area (Å²) < 4.78 is 132. The van der Waals surface area contributed by atoms with Crippen LogP contribution in [0.25, 0.3) is 0 Å². The van der Waals surface area contributed by atoms with Crippen LogP contribution < -0.4 is 10.9 Å². The highest BCUT2D eigenvalue weighted by molar-refractivity contribution is 5.99. The van der Waals surface area contributed by atoms with E-state index in [2.05, 4.69) is 0 Å². The van der Waals surface area contributed by atoms with Crippen LogP contribution in [0.1, 0.15) is 20.7 Å². The number of nitrogens with one attached hydrogen (secondary N) is 2. The average molecular weight is 420 g/mol. The van der Waals surface area contributed by atoms with Crippen molar-refractivity contribution in [1.29, 1.82) is 0 Å². The molecule has 0 spiro atoms. The molecule has 14 heteroatoms. The molecule has 28 heavy (non-hydrogen) atoms. The van der Waals surface area contributed by atoms with Gasteiger partial charge in [-0.1, -0.05) is 0 Å². The van der Waals surface area contributed by atoms with Gasteiger partial charge < -0.3 is 0 Å². The van der Waals surface area contributed by atoms with Crippen molar-refractivity contribution in [2.45, 2.75) is 0 Å². The van der Waals surface area contributed by atoms with Gasteiger partial charge in [-0.15, -0.1) is 0 Å². The summed E-state index contributed by atoms with van der Waals surface area (Å²) in [6.07, 6.45) is 0. The zero-order valence-electron chi connectivity index (χ0n) is 12.6. The quantitative estimate of drug-likeness (QED) is 0.340. The largest absolute Gasteiger partial charge is 0.275 e. The molecule has 150 valence electrons. The molecule has 2 amide bonds. The SMILES string of the molecule is O=C(NNC(=O)c1c(F)c(F)c(F)c(F)c1F)c1c(F)c(F)c(F)c(F)c1F. The number of rotatable bonds is 2. The fourth-order valence-corrected chi connectivity index (χ4v) is 1.85. The third-order valence-corrected chi connectivity index (χ3v) is 3.16. The van der Waals surface area contributed by atoms with E-state index in [1.54, 1.807) is 0 Å². The van der Waals surface area contributed by atoms with Crippen LogP contribution in [0.3, 0.4) is 0 Å². The first-order chi connectivity index (χ1) is 12.9. The van der Waals surface area contributed by atoms with Crippen molar-refractivity contribution in [1.82, 2.24) is 10.9 Å². The van der Waals surface area contributed by atoms with Gasteiger partial charge in [0, 0.05) is 0 Å². The topological polar surface area (TPSA) is 58.2 Å². The molecule has 2 rings (SSSR count). The molecule has 0 saturated carbocycles. The predicted molar refractivity (Wildman–Crippen MR) is 67.4 cm³/mol. The lowest BCUT2D eigenvalue weighted by molar-refractivity contribution is 0.0833. The minimum Gasteiger partial charge on any atom is -0.267 e. The van der Waals surface area contributed by atoms with Gasteiger partial charge in [-0.2, -0.15) is 0 Å². The summed E-state index contributed by atoms with van der Waals surface area (Å²) in [5, 5.41) is 0. The number of amides is 2. The number of halogens is 10. The summed E-state index contributed by atoms with van der Waals surface area (Å²) in [6.45, 7) is 0. The van der Waals surface area contributed by atoms with Gasteiger partial charge in [-0.25, -0.2) is 43.9 Å². The number of carbonyl (C=O) groups is 2. The molecule has 2 aromatic carbocycles. The normalized spacial score (nSPS) is 10.8. The Morgan fingerprint density at radius 1 is 0.393 bits per heavy atom. The molecular formula is C14H2F10N2O2. The van der Waals surface area contributed by atoms with Crippen molar-refractivity contribution in [3.05, 3.63) is 69.3 Å². The fourth-order valence-electron chi connectivity index (χ4n) is 1.85. The van der Waals surface area contributed by atoms with E-state index in [4.69, 9.17) is 0 Å². The number of hydrogen-bond acceptors (Lipinski definition) is 2. The zero-order chi connectivity index (χ0) is 21.5. The molecule has 0 unspecified atom stereocenters. The molecule has 0 aliphatic rings. The van der Waals surface area contributed by atoms with Crippen molar-refractivity contribution < 1.29 is 53.5 Å². The molecule has 2 N–H and O–H groups in total. The molecule has 0 radical (unpaired) electrons. The van der Waals surface area contributed by atoms with Crippen molar-refractivity contribution in [2.75, 3.05) is 0 Å². The minimum atomic E-state index is -2.60. The molecule has 0 aliphatic heterocycles. The van der Waals surface area contributed by atoms with Crippen LogP contribution in [0.2, 0.25) is 0 Å². The van der Waals surface area contributed by atoms with Crippen LogP contribution in [0.15, 0.2) is 0 Å². The molecule has 0 aliphatic carbocycles. The van der Waals surface area contributed by atoms with Gasteiger partial charge in [-0.05, 0) is 0 Å². The van der Waals surface area contributed by atoms with Crippen molar-refractivity contribution in [2.24, 2.45) is 0 Å². The Balaban J connectivity index is 2.34. The number of benzene rings is 2. The van der Waals surface area contributed by atoms with Crippen molar-refractivity contribution >= 4 is 11.8 Å². The van der Waals surface area contributed by atoms with Gasteiger partial charge in [0.1, 0.15) is 11.1 Å². The van der Waals surface area contributed by atoms with Crippen LogP contribution in [-0.2, 0) is 0 Å². The third-order valence-electron chi connectivity index (χ3n) is 3.16. The Morgan fingerprint density at radius 2 is 0.571 bits per heavy atom. The maximum absolute atomic E-state index is 13.4. The number of hydrazine groups is 1. The lowest BCUT2D eigenvalue weighted by Gasteiger charge is -2.11. The minimum absolute atomic E-state index is 1.01. The smallest absolute Gasteiger partial charge is 0.267 e. The Bertz CT molecular complexity index is 885. The second kappa shape index (κ2) is 7.36. The first kappa shape index (κ1) is 21.0. The predicted octanol–water partition coefficient (Wildman–Crippen LogP) is 3.15. The molecule has 4 nitrogen and oxygen atoms in total. The number of hydrogen-bond donors (Lipinski definition) is 2. The molecule has 2 aromatic rings. The molecule has 0 aromatic heterocycles. The van der Waals surface area contributed by atoms with E-state index in [0.29, 0.717) is 0 Å². The van der Waals surface area contributed by atoms with E-state index in [0.717, 1.165) is 10.9 Å². The van der Waals surface area contributed by atoms with Crippen LogP contribution in [-0.4, -0.2) is 11.8 Å². The van der Waals surface area contributed by atoms with Crippen LogP contribution >= 0.6 is 0 Å². The molecule has 0 bridgehead atoms. The fraction of sp³-hybridized carbons (Fsp3) is 0. The van der Waals surface area contributed by atoms with E-state index < -0.39 is 81.1 Å². The van der Waals surface area contributed by atoms with Crippen LogP contribution in [0, 0.1) is 58.2 Å². The first-order valence-electron chi connectivity index (χ1n) is 6.55. The standard InChI is InChI=1S/C14H2F10N2O2/c15-3-1(4(16)8(20)11(23)7(3)19)13(27)25-26-14(28)2-5(17)9(21)12(24)10(22)6(2)18/h(H,25,27)(H,26,28). The van der Waals surface area contributed by atoms with Gasteiger partial charge in [0.2, 0.25) is 11.6 Å². The highest BCUT2D eigenvalue weighted by Gasteiger charge is 2.32. The lowest BCUT2D eigenvalue weighted by Crippen LogP contribution is -2.43. The Labute approximate surface area is 146 Å². The molecule has 0 atom stereocenters. The first-order valence-corrected chi connectivity index (χ1v) is 6.55. The van der Waals surface area contributed by atoms with E-state index in [1.807, 2.05) is 0 Å². The highest BCUT2D eigenvalue weighted by Crippen LogP contribution is 2.24. The summed E-state index contributed by atoms with van der Waals surface area (Å²) in [5.41, 5.74) is -2.15. The second-order valence-electron chi connectivity index (χ2n) is 4.80. The van der Waals surface area contributed by atoms with Gasteiger partial charge >= 0.3 is 0 Å². The van der Waals surface area contributed by atoms with Crippen molar-refractivity contribution in [3.8, 4) is 0 Å². The molecule has 0 fully saturated rings. The van der Waals surface area contributed by atoms with Gasteiger partial charge in [0.25, 0.3) is 11.8 Å². The summed E-state index contributed by atoms with van der Waals surface area (Å²) in [5.74, 6) is -30.1. The molecular weight excluding hydrogens is 418 g/mol. The summed E-state index contributed by atoms with van der Waals surface area (Å²) in [6, 6.07) is 0. The molecule has 0 heterocycles. The highest BCUT2D eigenvalue weighted by atomic mass is 19.2. The Kier molecular flexibility index (Phi) is 5.52. The van der Waals surface area contributed by atoms with Crippen LogP contribution in [0.4, 0.5) is 43.9 Å². The van der Waals surface area contributed by atoms with Gasteiger partial charge in [0.05, 0.1) is 0 Å². The molecule has 0 saturated heterocycles. The number of carbonyl (C=O) groups excluding carboxylic acids is 2. The maximum atomic E-state index is 13.4. The van der Waals surface area contributed by atoms with E-state index in [-0.39, 0.29) is 0 Å². The van der Waals surface area contributed by atoms with Crippen molar-refractivity contribution in [3.63, 3.8) is 0 Å². The van der Waals surface area contributed by atoms with Gasteiger partial charge in [-0.3, -0.25) is 20.4 Å². The summed E-state index contributed by atoms with van der Waals surface area (Å²) in [7, 11) is 0. The maximum Gasteiger partial charge on any atom is 0.275 e. The van der Waals surface area contributed by atoms with E-state index >= 15 is 0 Å². The van der Waals surface area contributed by atoms with E-state index in [1.165, 1.54) is 0 Å². The van der Waals surface area contributed by atoms with Crippen LogP contribution in [0.5, 0.6) is 0 Å². The Hall–Kier alpha value is -3.32. The van der Waals surface area contributed by atoms with E-state index in [9.17, 15) is 53.5 Å². The van der Waals surface area contributed by atoms with Gasteiger partial charge in [0.15, 0.2) is 46.5 Å². The summed E-state index contributed by atoms with van der Waals surface area (Å²) >= 11 is 0. The second-order valence-corrected chi connectivity index (χ2v) is 4.80. The monoisotopic (exact) mass is 420 g/mol.